The maximum atomic E-state index is 12.4. The minimum atomic E-state index is -3.61. The van der Waals surface area contributed by atoms with Crippen molar-refractivity contribution in [1.29, 1.82) is 5.26 Å². The third kappa shape index (κ3) is 2.12. The van der Waals surface area contributed by atoms with Crippen LogP contribution < -0.4 is 5.73 Å². The monoisotopic (exact) mass is 265 g/mol. The van der Waals surface area contributed by atoms with E-state index < -0.39 is 10.0 Å². The standard InChI is InChI=1S/C12H15N3O2S/c1-9-3-2-4-12(11(9)7-13)18(16,17)15-6-5-10(14)8-15/h2-4,10H,5-6,8,14H2,1H3/t10-/m0/s1. The van der Waals surface area contributed by atoms with Gasteiger partial charge in [0.2, 0.25) is 10.0 Å². The summed E-state index contributed by atoms with van der Waals surface area (Å²) >= 11 is 0. The molecule has 1 heterocycles. The molecule has 0 aliphatic carbocycles. The van der Waals surface area contributed by atoms with Crippen molar-refractivity contribution < 1.29 is 8.42 Å². The van der Waals surface area contributed by atoms with Crippen LogP contribution in [-0.4, -0.2) is 31.9 Å². The van der Waals surface area contributed by atoms with Gasteiger partial charge >= 0.3 is 0 Å². The van der Waals surface area contributed by atoms with Crippen molar-refractivity contribution in [2.45, 2.75) is 24.3 Å². The molecule has 1 aliphatic heterocycles. The summed E-state index contributed by atoms with van der Waals surface area (Å²) in [7, 11) is -3.61. The Morgan fingerprint density at radius 2 is 2.22 bits per heavy atom. The van der Waals surface area contributed by atoms with Gasteiger partial charge in [0.25, 0.3) is 0 Å². The molecule has 1 atom stereocenters. The van der Waals surface area contributed by atoms with Gasteiger partial charge in [0, 0.05) is 19.1 Å². The Bertz CT molecular complexity index is 604. The van der Waals surface area contributed by atoms with Crippen LogP contribution in [0.5, 0.6) is 0 Å². The van der Waals surface area contributed by atoms with Gasteiger partial charge in [0.05, 0.1) is 5.56 Å². The Morgan fingerprint density at radius 3 is 2.78 bits per heavy atom. The van der Waals surface area contributed by atoms with Gasteiger partial charge in [-0.05, 0) is 25.0 Å². The summed E-state index contributed by atoms with van der Waals surface area (Å²) in [6.45, 7) is 2.47. The third-order valence-corrected chi connectivity index (χ3v) is 5.06. The molecule has 0 spiro atoms. The van der Waals surface area contributed by atoms with Crippen LogP contribution in [0.2, 0.25) is 0 Å². The van der Waals surface area contributed by atoms with Crippen molar-refractivity contribution in [1.82, 2.24) is 4.31 Å². The minimum absolute atomic E-state index is 0.0825. The quantitative estimate of drug-likeness (QED) is 0.847. The number of aryl methyl sites for hydroxylation is 1. The largest absolute Gasteiger partial charge is 0.326 e. The molecule has 1 fully saturated rings. The van der Waals surface area contributed by atoms with Crippen molar-refractivity contribution in [2.75, 3.05) is 13.1 Å². The average molecular weight is 265 g/mol. The van der Waals surface area contributed by atoms with Crippen LogP contribution in [0.3, 0.4) is 0 Å². The topological polar surface area (TPSA) is 87.2 Å². The summed E-state index contributed by atoms with van der Waals surface area (Å²) in [5.41, 5.74) is 6.62. The van der Waals surface area contributed by atoms with Crippen LogP contribution in [0, 0.1) is 18.3 Å². The van der Waals surface area contributed by atoms with Gasteiger partial charge < -0.3 is 5.73 Å². The van der Waals surface area contributed by atoms with E-state index in [4.69, 9.17) is 11.0 Å². The first-order valence-corrected chi connectivity index (χ1v) is 7.16. The molecule has 1 saturated heterocycles. The molecule has 1 aromatic rings. The van der Waals surface area contributed by atoms with E-state index in [0.717, 1.165) is 0 Å². The fourth-order valence-electron chi connectivity index (χ4n) is 2.11. The van der Waals surface area contributed by atoms with E-state index in [9.17, 15) is 8.42 Å². The molecule has 0 saturated carbocycles. The Hall–Kier alpha value is -1.42. The first kappa shape index (κ1) is 13.0. The smallest absolute Gasteiger partial charge is 0.244 e. The second-order valence-corrected chi connectivity index (χ2v) is 6.38. The fraction of sp³-hybridized carbons (Fsp3) is 0.417. The Kier molecular flexibility index (Phi) is 3.39. The molecular weight excluding hydrogens is 250 g/mol. The Morgan fingerprint density at radius 1 is 1.50 bits per heavy atom. The van der Waals surface area contributed by atoms with E-state index in [1.165, 1.54) is 10.4 Å². The van der Waals surface area contributed by atoms with Crippen LogP contribution in [0.15, 0.2) is 23.1 Å². The predicted octanol–water partition coefficient (Wildman–Crippen LogP) is 0.588. The van der Waals surface area contributed by atoms with Crippen LogP contribution >= 0.6 is 0 Å². The summed E-state index contributed by atoms with van der Waals surface area (Å²) < 4.78 is 26.2. The maximum absolute atomic E-state index is 12.4. The van der Waals surface area contributed by atoms with Gasteiger partial charge in [-0.1, -0.05) is 12.1 Å². The van der Waals surface area contributed by atoms with Gasteiger partial charge in [-0.25, -0.2) is 8.42 Å². The fourth-order valence-corrected chi connectivity index (χ4v) is 3.84. The molecule has 6 heteroatoms. The number of nitrogens with zero attached hydrogens (tertiary/aromatic N) is 2. The first-order valence-electron chi connectivity index (χ1n) is 5.72. The highest BCUT2D eigenvalue weighted by atomic mass is 32.2. The second kappa shape index (κ2) is 4.69. The molecule has 0 amide bonds. The van der Waals surface area contributed by atoms with Gasteiger partial charge in [0.1, 0.15) is 11.0 Å². The zero-order chi connectivity index (χ0) is 13.3. The normalized spacial score (nSPS) is 20.8. The second-order valence-electron chi connectivity index (χ2n) is 4.47. The molecule has 5 nitrogen and oxygen atoms in total. The SMILES string of the molecule is Cc1cccc(S(=O)(=O)N2CC[C@H](N)C2)c1C#N. The number of nitrogens with two attached hydrogens (primary N) is 1. The summed E-state index contributed by atoms with van der Waals surface area (Å²) in [4.78, 5) is 0.0825. The van der Waals surface area contributed by atoms with Crippen LogP contribution in [0.1, 0.15) is 17.5 Å². The van der Waals surface area contributed by atoms with E-state index in [2.05, 4.69) is 0 Å². The minimum Gasteiger partial charge on any atom is -0.326 e. The number of benzene rings is 1. The van der Waals surface area contributed by atoms with E-state index in [1.54, 1.807) is 19.1 Å². The van der Waals surface area contributed by atoms with E-state index in [1.807, 2.05) is 6.07 Å². The summed E-state index contributed by atoms with van der Waals surface area (Å²) in [6, 6.07) is 6.71. The number of sulfonamides is 1. The zero-order valence-electron chi connectivity index (χ0n) is 10.1. The zero-order valence-corrected chi connectivity index (χ0v) is 10.9. The first-order chi connectivity index (χ1) is 8.46. The van der Waals surface area contributed by atoms with E-state index in [0.29, 0.717) is 25.1 Å². The molecule has 2 N–H and O–H groups in total. The maximum Gasteiger partial charge on any atom is 0.244 e. The summed E-state index contributed by atoms with van der Waals surface area (Å²) in [6.07, 6.45) is 0.660. The summed E-state index contributed by atoms with van der Waals surface area (Å²) in [5.74, 6) is 0. The number of rotatable bonds is 2. The van der Waals surface area contributed by atoms with Crippen molar-refractivity contribution in [3.63, 3.8) is 0 Å². The lowest BCUT2D eigenvalue weighted by molar-refractivity contribution is 0.472. The van der Waals surface area contributed by atoms with Crippen molar-refractivity contribution in [3.8, 4) is 6.07 Å². The molecule has 18 heavy (non-hydrogen) atoms. The predicted molar refractivity (Wildman–Crippen MR) is 67.2 cm³/mol. The molecule has 1 aromatic carbocycles. The van der Waals surface area contributed by atoms with E-state index in [-0.39, 0.29) is 16.5 Å². The van der Waals surface area contributed by atoms with Crippen LogP contribution in [-0.2, 0) is 10.0 Å². The van der Waals surface area contributed by atoms with Crippen molar-refractivity contribution in [2.24, 2.45) is 5.73 Å². The molecule has 2 rings (SSSR count). The van der Waals surface area contributed by atoms with Crippen LogP contribution in [0.25, 0.3) is 0 Å². The van der Waals surface area contributed by atoms with E-state index >= 15 is 0 Å². The van der Waals surface area contributed by atoms with Gasteiger partial charge in [0.15, 0.2) is 0 Å². The molecule has 96 valence electrons. The summed E-state index contributed by atoms with van der Waals surface area (Å²) in [5, 5.41) is 9.10. The molecule has 0 radical (unpaired) electrons. The lowest BCUT2D eigenvalue weighted by Gasteiger charge is -2.17. The molecule has 0 unspecified atom stereocenters. The lowest BCUT2D eigenvalue weighted by atomic mass is 10.1. The molecular formula is C12H15N3O2S. The van der Waals surface area contributed by atoms with Gasteiger partial charge in [-0.2, -0.15) is 9.57 Å². The van der Waals surface area contributed by atoms with Crippen LogP contribution in [0.4, 0.5) is 0 Å². The molecule has 0 aromatic heterocycles. The number of hydrogen-bond acceptors (Lipinski definition) is 4. The Balaban J connectivity index is 2.49. The highest BCUT2D eigenvalue weighted by molar-refractivity contribution is 7.89. The lowest BCUT2D eigenvalue weighted by Crippen LogP contribution is -2.32. The average Bonchev–Trinajstić information content (AvgIpc) is 2.76. The highest BCUT2D eigenvalue weighted by Crippen LogP contribution is 2.24. The number of hydrogen-bond donors (Lipinski definition) is 1. The van der Waals surface area contributed by atoms with Crippen molar-refractivity contribution in [3.05, 3.63) is 29.3 Å². The number of nitriles is 1. The van der Waals surface area contributed by atoms with Gasteiger partial charge in [-0.15, -0.1) is 0 Å². The third-order valence-electron chi connectivity index (χ3n) is 3.15. The molecule has 0 bridgehead atoms. The van der Waals surface area contributed by atoms with Crippen molar-refractivity contribution >= 4 is 10.0 Å². The Labute approximate surface area is 107 Å². The van der Waals surface area contributed by atoms with Gasteiger partial charge in [-0.3, -0.25) is 0 Å². The molecule has 1 aliphatic rings. The highest BCUT2D eigenvalue weighted by Gasteiger charge is 2.32.